The summed E-state index contributed by atoms with van der Waals surface area (Å²) in [7, 11) is 1.68. The van der Waals surface area contributed by atoms with Crippen molar-refractivity contribution >= 4 is 27.7 Å². The second-order valence-electron chi connectivity index (χ2n) is 8.90. The van der Waals surface area contributed by atoms with E-state index in [0.717, 1.165) is 39.0 Å². The standard InChI is InChI=1S/C28H22N8O/c1-17-31-33-28-25-26(35(34-32-25)16-18-9-5-3-6-10-18)30-27(36(17)28)24-23(19-11-7-4-8-12-19)21-15-20(37-2)13-14-22(21)29-24/h3-15,29H,16H2,1-2H3. The van der Waals surface area contributed by atoms with Gasteiger partial charge in [0.25, 0.3) is 0 Å². The molecule has 7 aromatic rings. The van der Waals surface area contributed by atoms with Crippen molar-refractivity contribution in [3.63, 3.8) is 0 Å². The maximum atomic E-state index is 5.55. The predicted octanol–water partition coefficient (Wildman–Crippen LogP) is 5.05. The Morgan fingerprint density at radius 2 is 1.65 bits per heavy atom. The first-order chi connectivity index (χ1) is 18.2. The van der Waals surface area contributed by atoms with Crippen molar-refractivity contribution in [1.82, 2.24) is 39.6 Å². The molecule has 0 aliphatic heterocycles. The number of H-pyrrole nitrogens is 1. The Bertz CT molecular complexity index is 1900. The largest absolute Gasteiger partial charge is 0.497 e. The van der Waals surface area contributed by atoms with E-state index in [4.69, 9.17) is 9.72 Å². The van der Waals surface area contributed by atoms with Gasteiger partial charge in [-0.3, -0.25) is 4.40 Å². The van der Waals surface area contributed by atoms with Crippen LogP contribution in [0.4, 0.5) is 0 Å². The maximum absolute atomic E-state index is 5.55. The van der Waals surface area contributed by atoms with Crippen molar-refractivity contribution in [2.45, 2.75) is 13.5 Å². The van der Waals surface area contributed by atoms with Crippen molar-refractivity contribution in [2.75, 3.05) is 7.11 Å². The number of ether oxygens (including phenoxy) is 1. The minimum atomic E-state index is 0.544. The zero-order valence-corrected chi connectivity index (χ0v) is 20.3. The summed E-state index contributed by atoms with van der Waals surface area (Å²) in [6, 6.07) is 26.5. The monoisotopic (exact) mass is 486 g/mol. The molecular weight excluding hydrogens is 464 g/mol. The average molecular weight is 487 g/mol. The second-order valence-corrected chi connectivity index (χ2v) is 8.90. The van der Waals surface area contributed by atoms with Crippen molar-refractivity contribution in [1.29, 1.82) is 0 Å². The lowest BCUT2D eigenvalue weighted by atomic mass is 10.0. The molecule has 37 heavy (non-hydrogen) atoms. The van der Waals surface area contributed by atoms with Crippen LogP contribution in [0.1, 0.15) is 11.4 Å². The highest BCUT2D eigenvalue weighted by Gasteiger charge is 2.24. The molecule has 0 saturated carbocycles. The fraction of sp³-hybridized carbons (Fsp3) is 0.107. The molecule has 0 amide bonds. The minimum absolute atomic E-state index is 0.544. The van der Waals surface area contributed by atoms with Gasteiger partial charge in [-0.15, -0.1) is 15.3 Å². The Labute approximate surface area is 211 Å². The number of methoxy groups -OCH3 is 1. The van der Waals surface area contributed by atoms with E-state index in [2.05, 4.69) is 49.8 Å². The molecule has 0 fully saturated rings. The molecule has 0 aliphatic carbocycles. The predicted molar refractivity (Wildman–Crippen MR) is 141 cm³/mol. The Morgan fingerprint density at radius 1 is 0.865 bits per heavy atom. The van der Waals surface area contributed by atoms with Crippen LogP contribution < -0.4 is 4.74 Å². The van der Waals surface area contributed by atoms with Gasteiger partial charge >= 0.3 is 0 Å². The lowest BCUT2D eigenvalue weighted by molar-refractivity contribution is 0.415. The summed E-state index contributed by atoms with van der Waals surface area (Å²) in [6.07, 6.45) is 0. The van der Waals surface area contributed by atoms with Crippen LogP contribution in [0.25, 0.3) is 50.4 Å². The van der Waals surface area contributed by atoms with E-state index >= 15 is 0 Å². The Balaban J connectivity index is 1.55. The first kappa shape index (κ1) is 21.3. The number of rotatable bonds is 5. The van der Waals surface area contributed by atoms with E-state index < -0.39 is 0 Å². The number of hydrogen-bond acceptors (Lipinski definition) is 6. The lowest BCUT2D eigenvalue weighted by Gasteiger charge is -2.09. The van der Waals surface area contributed by atoms with Gasteiger partial charge in [-0.05, 0) is 36.2 Å². The van der Waals surface area contributed by atoms with Gasteiger partial charge in [-0.25, -0.2) is 9.67 Å². The number of aromatic nitrogens is 8. The van der Waals surface area contributed by atoms with Crippen LogP contribution >= 0.6 is 0 Å². The van der Waals surface area contributed by atoms with E-state index in [-0.39, 0.29) is 0 Å². The fourth-order valence-corrected chi connectivity index (χ4v) is 4.88. The van der Waals surface area contributed by atoms with Crippen LogP contribution in [0.15, 0.2) is 78.9 Å². The lowest BCUT2D eigenvalue weighted by Crippen LogP contribution is -2.06. The van der Waals surface area contributed by atoms with Gasteiger partial charge in [0.1, 0.15) is 11.6 Å². The maximum Gasteiger partial charge on any atom is 0.194 e. The quantitative estimate of drug-likeness (QED) is 0.366. The molecule has 0 saturated heterocycles. The smallest absolute Gasteiger partial charge is 0.194 e. The van der Waals surface area contributed by atoms with E-state index in [9.17, 15) is 0 Å². The van der Waals surface area contributed by atoms with E-state index in [1.165, 1.54) is 0 Å². The zero-order valence-electron chi connectivity index (χ0n) is 20.3. The number of nitrogens with zero attached hydrogens (tertiary/aromatic N) is 7. The summed E-state index contributed by atoms with van der Waals surface area (Å²) in [5.74, 6) is 2.19. The molecule has 0 aliphatic rings. The molecule has 0 atom stereocenters. The highest BCUT2D eigenvalue weighted by atomic mass is 16.5. The van der Waals surface area contributed by atoms with Gasteiger partial charge < -0.3 is 9.72 Å². The molecule has 0 unspecified atom stereocenters. The Morgan fingerprint density at radius 3 is 2.43 bits per heavy atom. The van der Waals surface area contributed by atoms with Crippen molar-refractivity contribution in [2.24, 2.45) is 0 Å². The molecule has 0 bridgehead atoms. The second kappa shape index (κ2) is 8.27. The molecule has 3 aromatic carbocycles. The number of aryl methyl sites for hydroxylation is 1. The van der Waals surface area contributed by atoms with Crippen LogP contribution in [0, 0.1) is 6.92 Å². The van der Waals surface area contributed by atoms with Crippen LogP contribution in [0.5, 0.6) is 5.75 Å². The highest BCUT2D eigenvalue weighted by Crippen LogP contribution is 2.40. The molecule has 0 radical (unpaired) electrons. The first-order valence-electron chi connectivity index (χ1n) is 12.0. The summed E-state index contributed by atoms with van der Waals surface area (Å²) in [6.45, 7) is 2.46. The van der Waals surface area contributed by atoms with Crippen LogP contribution in [0.2, 0.25) is 0 Å². The summed E-state index contributed by atoms with van der Waals surface area (Å²) in [5.41, 5.74) is 6.91. The molecule has 1 N–H and O–H groups in total. The topological polar surface area (TPSA) is 98.8 Å². The number of fused-ring (bicyclic) bond motifs is 4. The zero-order chi connectivity index (χ0) is 24.9. The van der Waals surface area contributed by atoms with Gasteiger partial charge in [0.15, 0.2) is 22.6 Å². The molecule has 9 heteroatoms. The van der Waals surface area contributed by atoms with Gasteiger partial charge in [-0.1, -0.05) is 65.9 Å². The van der Waals surface area contributed by atoms with Gasteiger partial charge in [0.2, 0.25) is 0 Å². The normalized spacial score (nSPS) is 11.6. The van der Waals surface area contributed by atoms with Gasteiger partial charge in [0.05, 0.1) is 19.3 Å². The van der Waals surface area contributed by atoms with E-state index in [1.807, 2.05) is 70.6 Å². The SMILES string of the molecule is COc1ccc2[nH]c(-c3nc4c(nnn4Cc4ccccc4)c4nnc(C)n34)c(-c3ccccc3)c2c1. The number of aromatic amines is 1. The van der Waals surface area contributed by atoms with Crippen LogP contribution in [0.3, 0.4) is 0 Å². The van der Waals surface area contributed by atoms with Crippen molar-refractivity contribution < 1.29 is 4.74 Å². The van der Waals surface area contributed by atoms with E-state index in [1.54, 1.807) is 7.11 Å². The highest BCUT2D eigenvalue weighted by molar-refractivity contribution is 6.04. The minimum Gasteiger partial charge on any atom is -0.497 e. The molecule has 7 rings (SSSR count). The third kappa shape index (κ3) is 3.35. The van der Waals surface area contributed by atoms with E-state index in [0.29, 0.717) is 35.0 Å². The fourth-order valence-electron chi connectivity index (χ4n) is 4.88. The van der Waals surface area contributed by atoms with Crippen molar-refractivity contribution in [3.8, 4) is 28.4 Å². The number of nitrogens with one attached hydrogen (secondary N) is 1. The third-order valence-electron chi connectivity index (χ3n) is 6.64. The molecule has 4 aromatic heterocycles. The summed E-state index contributed by atoms with van der Waals surface area (Å²) < 4.78 is 9.30. The Hall–Kier alpha value is -5.05. The summed E-state index contributed by atoms with van der Waals surface area (Å²) >= 11 is 0. The summed E-state index contributed by atoms with van der Waals surface area (Å²) in [4.78, 5) is 8.77. The molecule has 0 spiro atoms. The Kier molecular flexibility index (Phi) is 4.75. The third-order valence-corrected chi connectivity index (χ3v) is 6.64. The van der Waals surface area contributed by atoms with Gasteiger partial charge in [0, 0.05) is 16.5 Å². The van der Waals surface area contributed by atoms with Crippen LogP contribution in [-0.4, -0.2) is 46.7 Å². The van der Waals surface area contributed by atoms with Crippen molar-refractivity contribution in [3.05, 3.63) is 90.3 Å². The van der Waals surface area contributed by atoms with Crippen LogP contribution in [-0.2, 0) is 6.54 Å². The van der Waals surface area contributed by atoms with Gasteiger partial charge in [-0.2, -0.15) is 0 Å². The molecule has 180 valence electrons. The number of benzene rings is 3. The molecular formula is C28H22N8O. The number of hydrogen-bond donors (Lipinski definition) is 1. The molecule has 9 nitrogen and oxygen atoms in total. The molecule has 4 heterocycles. The average Bonchev–Trinajstić information content (AvgIpc) is 3.64. The first-order valence-corrected chi connectivity index (χ1v) is 12.0. The summed E-state index contributed by atoms with van der Waals surface area (Å²) in [5, 5.41) is 18.7.